The van der Waals surface area contributed by atoms with E-state index in [9.17, 15) is 18.0 Å². The molecule has 0 saturated carbocycles. The van der Waals surface area contributed by atoms with Crippen molar-refractivity contribution in [3.63, 3.8) is 0 Å². The van der Waals surface area contributed by atoms with Crippen molar-refractivity contribution in [1.29, 1.82) is 0 Å². The number of hydrogen-bond acceptors (Lipinski definition) is 6. The summed E-state index contributed by atoms with van der Waals surface area (Å²) in [6.07, 6.45) is 0.232. The highest BCUT2D eigenvalue weighted by Gasteiger charge is 2.29. The molecule has 0 amide bonds. The molecule has 0 atom stereocenters. The molecule has 1 aromatic heterocycles. The molecule has 0 saturated heterocycles. The number of Topliss-reactive ketones (excluding diaryl/α,β-unsaturated/α-hetero) is 1. The van der Waals surface area contributed by atoms with E-state index in [4.69, 9.17) is 5.11 Å². The predicted octanol–water partition coefficient (Wildman–Crippen LogP) is 1.94. The van der Waals surface area contributed by atoms with Gasteiger partial charge >= 0.3 is 5.97 Å². The zero-order valence-corrected chi connectivity index (χ0v) is 14.8. The van der Waals surface area contributed by atoms with Crippen LogP contribution in [0.25, 0.3) is 0 Å². The molecule has 1 aromatic carbocycles. The number of carboxylic acid groups (broad SMARTS) is 1. The lowest BCUT2D eigenvalue weighted by Crippen LogP contribution is -2.35. The normalized spacial score (nSPS) is 14.9. The van der Waals surface area contributed by atoms with E-state index in [2.05, 4.69) is 4.98 Å². The topological polar surface area (TPSA) is 105 Å². The van der Waals surface area contributed by atoms with E-state index >= 15 is 0 Å². The summed E-state index contributed by atoms with van der Waals surface area (Å²) in [5.41, 5.74) is 2.98. The lowest BCUT2D eigenvalue weighted by Gasteiger charge is -2.25. The number of thiazole rings is 1. The van der Waals surface area contributed by atoms with Gasteiger partial charge in [0.25, 0.3) is 0 Å². The van der Waals surface area contributed by atoms with Crippen molar-refractivity contribution in [2.24, 2.45) is 0 Å². The molecule has 2 heterocycles. The number of nitrogens with zero attached hydrogens (tertiary/aromatic N) is 2. The van der Waals surface area contributed by atoms with Crippen LogP contribution >= 0.6 is 11.3 Å². The Kier molecular flexibility index (Phi) is 4.98. The van der Waals surface area contributed by atoms with Crippen LogP contribution in [0.1, 0.15) is 33.8 Å². The van der Waals surface area contributed by atoms with E-state index in [0.717, 1.165) is 10.6 Å². The predicted molar refractivity (Wildman–Crippen MR) is 91.1 cm³/mol. The van der Waals surface area contributed by atoms with Crippen LogP contribution in [0.2, 0.25) is 0 Å². The number of aliphatic carboxylic acids is 1. The van der Waals surface area contributed by atoms with E-state index < -0.39 is 16.0 Å². The first kappa shape index (κ1) is 17.7. The van der Waals surface area contributed by atoms with E-state index in [1.807, 2.05) is 0 Å². The average Bonchev–Trinajstić information content (AvgIpc) is 3.07. The van der Waals surface area contributed by atoms with Crippen LogP contribution < -0.4 is 0 Å². The fourth-order valence-electron chi connectivity index (χ4n) is 2.63. The van der Waals surface area contributed by atoms with Gasteiger partial charge in [0.1, 0.15) is 0 Å². The molecule has 3 rings (SSSR count). The second-order valence-electron chi connectivity index (χ2n) is 5.65. The minimum atomic E-state index is -3.64. The molecule has 0 radical (unpaired) electrons. The van der Waals surface area contributed by atoms with Crippen molar-refractivity contribution >= 4 is 33.1 Å². The Morgan fingerprint density at radius 3 is 2.60 bits per heavy atom. The number of hydrogen-bond donors (Lipinski definition) is 1. The summed E-state index contributed by atoms with van der Waals surface area (Å²) >= 11 is 1.44. The molecule has 9 heteroatoms. The lowest BCUT2D eigenvalue weighted by molar-refractivity contribution is -0.136. The van der Waals surface area contributed by atoms with Crippen LogP contribution in [0.4, 0.5) is 0 Å². The van der Waals surface area contributed by atoms with E-state index in [-0.39, 0.29) is 23.5 Å². The Bertz CT molecular complexity index is 903. The van der Waals surface area contributed by atoms with Crippen molar-refractivity contribution < 1.29 is 23.1 Å². The number of carboxylic acids is 1. The van der Waals surface area contributed by atoms with Crippen LogP contribution in [0, 0.1) is 0 Å². The molecule has 7 nitrogen and oxygen atoms in total. The van der Waals surface area contributed by atoms with Crippen molar-refractivity contribution in [2.75, 3.05) is 6.54 Å². The Morgan fingerprint density at radius 2 is 1.92 bits per heavy atom. The quantitative estimate of drug-likeness (QED) is 0.768. The molecule has 2 aromatic rings. The summed E-state index contributed by atoms with van der Waals surface area (Å²) in [6, 6.07) is 5.65. The van der Waals surface area contributed by atoms with Gasteiger partial charge in [-0.3, -0.25) is 9.59 Å². The van der Waals surface area contributed by atoms with Gasteiger partial charge in [0.05, 0.1) is 29.1 Å². The number of aromatic nitrogens is 1. The molecule has 0 fully saturated rings. The van der Waals surface area contributed by atoms with Gasteiger partial charge in [0.15, 0.2) is 5.78 Å². The van der Waals surface area contributed by atoms with Gasteiger partial charge in [0.2, 0.25) is 10.0 Å². The summed E-state index contributed by atoms with van der Waals surface area (Å²) < 4.78 is 26.9. The molecule has 1 aliphatic heterocycles. The first-order valence-corrected chi connectivity index (χ1v) is 9.96. The highest BCUT2D eigenvalue weighted by molar-refractivity contribution is 7.89. The van der Waals surface area contributed by atoms with Gasteiger partial charge in [-0.25, -0.2) is 13.4 Å². The monoisotopic (exact) mass is 380 g/mol. The van der Waals surface area contributed by atoms with Gasteiger partial charge in [-0.1, -0.05) is 12.1 Å². The number of carbonyl (C=O) groups is 2. The second kappa shape index (κ2) is 7.03. The van der Waals surface area contributed by atoms with Crippen molar-refractivity contribution in [3.8, 4) is 0 Å². The Balaban J connectivity index is 1.75. The van der Waals surface area contributed by atoms with Crippen LogP contribution in [-0.4, -0.2) is 41.1 Å². The zero-order valence-electron chi connectivity index (χ0n) is 13.2. The first-order chi connectivity index (χ1) is 11.9. The van der Waals surface area contributed by atoms with Crippen LogP contribution in [-0.2, 0) is 27.8 Å². The van der Waals surface area contributed by atoms with Crippen LogP contribution in [0.3, 0.4) is 0 Å². The van der Waals surface area contributed by atoms with Crippen LogP contribution in [0.5, 0.6) is 0 Å². The third kappa shape index (κ3) is 3.78. The summed E-state index contributed by atoms with van der Waals surface area (Å²) in [5, 5.41) is 8.62. The maximum atomic E-state index is 12.8. The number of rotatable bonds is 6. The van der Waals surface area contributed by atoms with Gasteiger partial charge in [-0.15, -0.1) is 11.3 Å². The van der Waals surface area contributed by atoms with Crippen LogP contribution in [0.15, 0.2) is 34.7 Å². The molecular weight excluding hydrogens is 364 g/mol. The zero-order chi connectivity index (χ0) is 18.0. The van der Waals surface area contributed by atoms with Gasteiger partial charge in [-0.2, -0.15) is 4.31 Å². The number of sulfonamides is 1. The second-order valence-corrected chi connectivity index (χ2v) is 8.53. The van der Waals surface area contributed by atoms with E-state index in [1.165, 1.54) is 39.9 Å². The molecule has 0 aliphatic carbocycles. The molecule has 0 spiro atoms. The lowest BCUT2D eigenvalue weighted by atomic mass is 10.1. The molecule has 1 N–H and O–H groups in total. The highest BCUT2D eigenvalue weighted by Crippen LogP contribution is 2.26. The van der Waals surface area contributed by atoms with E-state index in [0.29, 0.717) is 25.1 Å². The molecule has 25 heavy (non-hydrogen) atoms. The summed E-state index contributed by atoms with van der Waals surface area (Å²) in [4.78, 5) is 27.7. The Hall–Kier alpha value is -2.10. The summed E-state index contributed by atoms with van der Waals surface area (Å²) in [5.74, 6) is -1.36. The first-order valence-electron chi connectivity index (χ1n) is 7.64. The minimum Gasteiger partial charge on any atom is -0.481 e. The Labute approximate surface area is 149 Å². The standard InChI is InChI=1S/C16H16N2O5S2/c19-14(5-6-16(20)21)11-1-3-12(4-2-11)25(22,23)18-8-7-13-15(9-18)24-10-17-13/h1-4,10H,5-9H2,(H,20,21). The van der Waals surface area contributed by atoms with Gasteiger partial charge in [0, 0.05) is 29.8 Å². The third-order valence-corrected chi connectivity index (χ3v) is 6.74. The van der Waals surface area contributed by atoms with Crippen molar-refractivity contribution in [3.05, 3.63) is 45.9 Å². The summed E-state index contributed by atoms with van der Waals surface area (Å²) in [7, 11) is -3.64. The number of ketones is 1. The maximum absolute atomic E-state index is 12.8. The fraction of sp³-hybridized carbons (Fsp3) is 0.312. The number of fused-ring (bicyclic) bond motifs is 1. The fourth-order valence-corrected chi connectivity index (χ4v) is 4.95. The SMILES string of the molecule is O=C(O)CCC(=O)c1ccc(S(=O)(=O)N2CCc3ncsc3C2)cc1. The summed E-state index contributed by atoms with van der Waals surface area (Å²) in [6.45, 7) is 0.681. The molecular formula is C16H16N2O5S2. The van der Waals surface area contributed by atoms with Gasteiger partial charge in [-0.05, 0) is 12.1 Å². The molecule has 1 aliphatic rings. The molecule has 132 valence electrons. The average molecular weight is 380 g/mol. The third-order valence-electron chi connectivity index (χ3n) is 4.02. The number of carbonyl (C=O) groups excluding carboxylic acids is 1. The molecule has 0 unspecified atom stereocenters. The highest BCUT2D eigenvalue weighted by atomic mass is 32.2. The van der Waals surface area contributed by atoms with Gasteiger partial charge < -0.3 is 5.11 Å². The maximum Gasteiger partial charge on any atom is 0.303 e. The smallest absolute Gasteiger partial charge is 0.303 e. The minimum absolute atomic E-state index is 0.109. The largest absolute Gasteiger partial charge is 0.481 e. The molecule has 0 bridgehead atoms. The van der Waals surface area contributed by atoms with Crippen molar-refractivity contribution in [1.82, 2.24) is 9.29 Å². The van der Waals surface area contributed by atoms with E-state index in [1.54, 1.807) is 5.51 Å². The van der Waals surface area contributed by atoms with Crippen molar-refractivity contribution in [2.45, 2.75) is 30.7 Å². The number of benzene rings is 1. The Morgan fingerprint density at radius 1 is 1.20 bits per heavy atom.